The van der Waals surface area contributed by atoms with Crippen molar-refractivity contribution in [2.45, 2.75) is 70.2 Å². The van der Waals surface area contributed by atoms with Gasteiger partial charge < -0.3 is 20.1 Å². The zero-order chi connectivity index (χ0) is 25.6. The van der Waals surface area contributed by atoms with Crippen LogP contribution in [0.25, 0.3) is 10.6 Å². The molecule has 0 unspecified atom stereocenters. The summed E-state index contributed by atoms with van der Waals surface area (Å²) in [6.45, 7) is 4.31. The summed E-state index contributed by atoms with van der Waals surface area (Å²) in [4.78, 5) is 44.6. The summed E-state index contributed by atoms with van der Waals surface area (Å²) in [6, 6.07) is 7.51. The van der Waals surface area contributed by atoms with Gasteiger partial charge in [-0.1, -0.05) is 30.3 Å². The molecular formula is C25H32FN3O5S. The second-order valence-corrected chi connectivity index (χ2v) is 10.4. The molecule has 1 aromatic heterocycles. The fraction of sp³-hybridized carbons (Fsp3) is 0.520. The third-order valence-corrected chi connectivity index (χ3v) is 6.46. The molecule has 0 saturated carbocycles. The van der Waals surface area contributed by atoms with E-state index in [4.69, 9.17) is 4.74 Å². The topological polar surface area (TPSA) is 109 Å². The van der Waals surface area contributed by atoms with Crippen LogP contribution in [0.4, 0.5) is 4.39 Å². The van der Waals surface area contributed by atoms with Crippen molar-refractivity contribution in [2.24, 2.45) is 0 Å². The van der Waals surface area contributed by atoms with Crippen LogP contribution >= 0.6 is 11.3 Å². The summed E-state index contributed by atoms with van der Waals surface area (Å²) in [5, 5.41) is 15.0. The molecule has 3 atom stereocenters. The maximum atomic E-state index is 13.3. The molecule has 2 aromatic rings. The van der Waals surface area contributed by atoms with Gasteiger partial charge >= 0.3 is 5.97 Å². The Bertz CT molecular complexity index is 1020. The molecule has 1 aliphatic heterocycles. The number of thiazole rings is 1. The standard InChI is InChI=1S/C25H32FN3O5S/c1-25(2,3)34-21(31)13-17(20(30)14-26)27-22(32)19-11-7-8-12-29(19)24(33)18-15-35-23(28-18)16-9-5-4-6-10-16/h4-6,9-10,15,17,19-20,30H,7-8,11-14H2,1-3H3,(H,27,32)/t17-,19-,20+/m0/s1. The zero-order valence-electron chi connectivity index (χ0n) is 20.2. The fourth-order valence-electron chi connectivity index (χ4n) is 3.91. The molecule has 3 rings (SSSR count). The number of halogens is 1. The van der Waals surface area contributed by atoms with Gasteiger partial charge in [0.25, 0.3) is 5.91 Å². The van der Waals surface area contributed by atoms with Crippen molar-refractivity contribution in [3.63, 3.8) is 0 Å². The first-order chi connectivity index (χ1) is 16.6. The van der Waals surface area contributed by atoms with E-state index in [0.717, 1.165) is 18.4 Å². The Labute approximate surface area is 208 Å². The number of aliphatic hydroxyl groups is 1. The molecule has 1 aromatic carbocycles. The zero-order valence-corrected chi connectivity index (χ0v) is 21.0. The molecule has 0 radical (unpaired) electrons. The number of ether oxygens (including phenoxy) is 1. The number of aromatic nitrogens is 1. The summed E-state index contributed by atoms with van der Waals surface area (Å²) in [5.41, 5.74) is 0.391. The number of alkyl halides is 1. The van der Waals surface area contributed by atoms with Crippen molar-refractivity contribution in [1.29, 1.82) is 0 Å². The Morgan fingerprint density at radius 1 is 1.26 bits per heavy atom. The van der Waals surface area contributed by atoms with Crippen molar-refractivity contribution in [3.05, 3.63) is 41.4 Å². The number of likely N-dealkylation sites (tertiary alicyclic amines) is 1. The smallest absolute Gasteiger partial charge is 0.308 e. The third-order valence-electron chi connectivity index (χ3n) is 5.57. The van der Waals surface area contributed by atoms with Gasteiger partial charge in [-0.15, -0.1) is 11.3 Å². The lowest BCUT2D eigenvalue weighted by atomic mass is 9.99. The first-order valence-electron chi connectivity index (χ1n) is 11.7. The number of carbonyl (C=O) groups is 3. The lowest BCUT2D eigenvalue weighted by Crippen LogP contribution is -2.56. The number of hydrogen-bond acceptors (Lipinski definition) is 7. The molecule has 8 nitrogen and oxygen atoms in total. The highest BCUT2D eigenvalue weighted by Gasteiger charge is 2.36. The number of nitrogens with zero attached hydrogens (tertiary/aromatic N) is 2. The van der Waals surface area contributed by atoms with Gasteiger partial charge in [-0.3, -0.25) is 14.4 Å². The van der Waals surface area contributed by atoms with E-state index in [9.17, 15) is 23.9 Å². The van der Waals surface area contributed by atoms with Crippen LogP contribution in [0, 0.1) is 0 Å². The number of piperidine rings is 1. The number of benzene rings is 1. The van der Waals surface area contributed by atoms with Crippen molar-refractivity contribution in [2.75, 3.05) is 13.2 Å². The minimum atomic E-state index is -1.58. The molecule has 2 amide bonds. The summed E-state index contributed by atoms with van der Waals surface area (Å²) in [5.74, 6) is -1.57. The van der Waals surface area contributed by atoms with E-state index in [-0.39, 0.29) is 18.0 Å². The predicted molar refractivity (Wildman–Crippen MR) is 131 cm³/mol. The molecule has 1 saturated heterocycles. The normalized spacial score (nSPS) is 18.0. The maximum absolute atomic E-state index is 13.3. The number of nitrogens with one attached hydrogen (secondary N) is 1. The van der Waals surface area contributed by atoms with Crippen LogP contribution in [0.1, 0.15) is 56.9 Å². The summed E-state index contributed by atoms with van der Waals surface area (Å²) in [7, 11) is 0. The molecule has 0 spiro atoms. The Morgan fingerprint density at radius 2 is 1.97 bits per heavy atom. The van der Waals surface area contributed by atoms with Crippen LogP contribution in [-0.2, 0) is 14.3 Å². The molecule has 0 aliphatic carbocycles. The molecule has 10 heteroatoms. The molecule has 35 heavy (non-hydrogen) atoms. The Hall–Kier alpha value is -2.85. The van der Waals surface area contributed by atoms with Crippen LogP contribution in [0.2, 0.25) is 0 Å². The van der Waals surface area contributed by atoms with Crippen molar-refractivity contribution in [1.82, 2.24) is 15.2 Å². The number of rotatable bonds is 8. The summed E-state index contributed by atoms with van der Waals surface area (Å²) < 4.78 is 18.5. The van der Waals surface area contributed by atoms with Crippen LogP contribution in [0.3, 0.4) is 0 Å². The van der Waals surface area contributed by atoms with Crippen LogP contribution in [0.15, 0.2) is 35.7 Å². The molecule has 0 bridgehead atoms. The SMILES string of the molecule is CC(C)(C)OC(=O)C[C@H](NC(=O)[C@@H]1CCCCN1C(=O)c1csc(-c2ccccc2)n1)[C@H](O)CF. The van der Waals surface area contributed by atoms with Crippen LogP contribution in [-0.4, -0.2) is 69.8 Å². The van der Waals surface area contributed by atoms with Gasteiger partial charge in [-0.2, -0.15) is 0 Å². The maximum Gasteiger partial charge on any atom is 0.308 e. The van der Waals surface area contributed by atoms with E-state index in [2.05, 4.69) is 10.3 Å². The fourth-order valence-corrected chi connectivity index (χ4v) is 4.71. The molecule has 1 aliphatic rings. The van der Waals surface area contributed by atoms with Gasteiger partial charge in [0.2, 0.25) is 5.91 Å². The quantitative estimate of drug-likeness (QED) is 0.533. The lowest BCUT2D eigenvalue weighted by molar-refractivity contribution is -0.156. The molecule has 2 heterocycles. The van der Waals surface area contributed by atoms with Crippen molar-refractivity contribution in [3.8, 4) is 10.6 Å². The third kappa shape index (κ3) is 7.32. The first kappa shape index (κ1) is 26.7. The van der Waals surface area contributed by atoms with E-state index in [1.807, 2.05) is 30.3 Å². The van der Waals surface area contributed by atoms with Crippen molar-refractivity contribution < 1.29 is 28.6 Å². The minimum absolute atomic E-state index is 0.252. The largest absolute Gasteiger partial charge is 0.460 e. The lowest BCUT2D eigenvalue weighted by Gasteiger charge is -2.35. The number of amides is 2. The average Bonchev–Trinajstić information content (AvgIpc) is 3.32. The molecule has 190 valence electrons. The van der Waals surface area contributed by atoms with Crippen LogP contribution < -0.4 is 5.32 Å². The molecule has 2 N–H and O–H groups in total. The van der Waals surface area contributed by atoms with Gasteiger partial charge in [-0.05, 0) is 40.0 Å². The Morgan fingerprint density at radius 3 is 2.63 bits per heavy atom. The second-order valence-electron chi connectivity index (χ2n) is 9.54. The van der Waals surface area contributed by atoms with E-state index in [0.29, 0.717) is 18.0 Å². The Kier molecular flexibility index (Phi) is 8.96. The highest BCUT2D eigenvalue weighted by molar-refractivity contribution is 7.13. The predicted octanol–water partition coefficient (Wildman–Crippen LogP) is 3.35. The summed E-state index contributed by atoms with van der Waals surface area (Å²) in [6.07, 6.45) is -0.0819. The van der Waals surface area contributed by atoms with E-state index in [1.165, 1.54) is 16.2 Å². The molecular weight excluding hydrogens is 473 g/mol. The van der Waals surface area contributed by atoms with E-state index in [1.54, 1.807) is 26.2 Å². The van der Waals surface area contributed by atoms with Gasteiger partial charge in [0.05, 0.1) is 12.5 Å². The molecule has 1 fully saturated rings. The first-order valence-corrected chi connectivity index (χ1v) is 12.5. The van der Waals surface area contributed by atoms with Gasteiger partial charge in [0.1, 0.15) is 35.1 Å². The van der Waals surface area contributed by atoms with E-state index < -0.39 is 42.3 Å². The minimum Gasteiger partial charge on any atom is -0.460 e. The van der Waals surface area contributed by atoms with Gasteiger partial charge in [-0.25, -0.2) is 9.37 Å². The average molecular weight is 506 g/mol. The van der Waals surface area contributed by atoms with Crippen LogP contribution in [0.5, 0.6) is 0 Å². The van der Waals surface area contributed by atoms with Gasteiger partial charge in [0, 0.05) is 17.5 Å². The highest BCUT2D eigenvalue weighted by atomic mass is 32.1. The van der Waals surface area contributed by atoms with E-state index >= 15 is 0 Å². The van der Waals surface area contributed by atoms with Crippen molar-refractivity contribution >= 4 is 29.1 Å². The number of carbonyl (C=O) groups excluding carboxylic acids is 3. The summed E-state index contributed by atoms with van der Waals surface area (Å²) >= 11 is 1.35. The number of esters is 1. The second kappa shape index (κ2) is 11.7. The highest BCUT2D eigenvalue weighted by Crippen LogP contribution is 2.26. The monoisotopic (exact) mass is 505 g/mol. The number of aliphatic hydroxyl groups excluding tert-OH is 1. The number of hydrogen-bond donors (Lipinski definition) is 2. The Balaban J connectivity index is 1.72. The van der Waals surface area contributed by atoms with Gasteiger partial charge in [0.15, 0.2) is 0 Å².